The highest BCUT2D eigenvalue weighted by molar-refractivity contribution is 5.40. The van der Waals surface area contributed by atoms with E-state index in [0.29, 0.717) is 0 Å². The summed E-state index contributed by atoms with van der Waals surface area (Å²) in [6.07, 6.45) is 3.67. The van der Waals surface area contributed by atoms with E-state index in [1.54, 1.807) is 0 Å². The summed E-state index contributed by atoms with van der Waals surface area (Å²) in [5.74, 6) is 0. The molecular formula is C13H15N. The van der Waals surface area contributed by atoms with Crippen LogP contribution in [0.5, 0.6) is 0 Å². The molecule has 0 bridgehead atoms. The van der Waals surface area contributed by atoms with Crippen molar-refractivity contribution in [3.05, 3.63) is 34.9 Å². The molecule has 1 nitrogen and oxygen atoms in total. The topological polar surface area (TPSA) is 23.8 Å². The van der Waals surface area contributed by atoms with Gasteiger partial charge in [0.05, 0.1) is 11.5 Å². The normalized spacial score (nSPS) is 14.9. The van der Waals surface area contributed by atoms with Gasteiger partial charge in [0.2, 0.25) is 0 Å². The maximum atomic E-state index is 9.05. The highest BCUT2D eigenvalue weighted by atomic mass is 14.3. The first-order valence-electron chi connectivity index (χ1n) is 5.17. The van der Waals surface area contributed by atoms with Crippen molar-refractivity contribution in [1.82, 2.24) is 0 Å². The molecule has 0 N–H and O–H groups in total. The van der Waals surface area contributed by atoms with E-state index in [9.17, 15) is 0 Å². The fourth-order valence-electron chi connectivity index (χ4n) is 2.03. The second kappa shape index (κ2) is 3.13. The van der Waals surface area contributed by atoms with Crippen LogP contribution >= 0.6 is 0 Å². The van der Waals surface area contributed by atoms with E-state index in [4.69, 9.17) is 5.26 Å². The van der Waals surface area contributed by atoms with Crippen molar-refractivity contribution in [3.63, 3.8) is 0 Å². The zero-order valence-electron chi connectivity index (χ0n) is 8.80. The lowest BCUT2D eigenvalue weighted by Crippen LogP contribution is -2.14. The van der Waals surface area contributed by atoms with Gasteiger partial charge in [0, 0.05) is 0 Å². The van der Waals surface area contributed by atoms with Gasteiger partial charge in [-0.25, -0.2) is 0 Å². The SMILES string of the molecule is CC(C)(C#N)c1ccc2c(c1)CCC2. The molecule has 0 spiro atoms. The van der Waals surface area contributed by atoms with Crippen LogP contribution in [0.1, 0.15) is 37.0 Å². The minimum absolute atomic E-state index is 0.350. The Hall–Kier alpha value is -1.29. The smallest absolute Gasteiger partial charge is 0.0766 e. The van der Waals surface area contributed by atoms with Gasteiger partial charge in [0.25, 0.3) is 0 Å². The first kappa shape index (κ1) is 9.27. The Labute approximate surface area is 85.4 Å². The predicted molar refractivity (Wildman–Crippen MR) is 57.1 cm³/mol. The molecule has 1 aliphatic rings. The first-order valence-corrected chi connectivity index (χ1v) is 5.17. The lowest BCUT2D eigenvalue weighted by atomic mass is 9.85. The molecule has 0 heterocycles. The quantitative estimate of drug-likeness (QED) is 0.660. The summed E-state index contributed by atoms with van der Waals surface area (Å²) >= 11 is 0. The van der Waals surface area contributed by atoms with Gasteiger partial charge in [0.1, 0.15) is 0 Å². The lowest BCUT2D eigenvalue weighted by molar-refractivity contribution is 0.685. The minimum Gasteiger partial charge on any atom is -0.197 e. The summed E-state index contributed by atoms with van der Waals surface area (Å²) in [5.41, 5.74) is 3.73. The molecule has 1 heteroatoms. The zero-order chi connectivity index (χ0) is 10.2. The van der Waals surface area contributed by atoms with Gasteiger partial charge < -0.3 is 0 Å². The third-order valence-corrected chi connectivity index (χ3v) is 3.10. The Morgan fingerprint density at radius 2 is 1.93 bits per heavy atom. The summed E-state index contributed by atoms with van der Waals surface area (Å²) in [6, 6.07) is 8.86. The minimum atomic E-state index is -0.350. The average molecular weight is 185 g/mol. The van der Waals surface area contributed by atoms with Gasteiger partial charge in [0.15, 0.2) is 0 Å². The van der Waals surface area contributed by atoms with Gasteiger partial charge >= 0.3 is 0 Å². The number of benzene rings is 1. The number of nitrogens with zero attached hydrogens (tertiary/aromatic N) is 1. The van der Waals surface area contributed by atoms with Gasteiger partial charge in [-0.15, -0.1) is 0 Å². The monoisotopic (exact) mass is 185 g/mol. The maximum Gasteiger partial charge on any atom is 0.0766 e. The summed E-state index contributed by atoms with van der Waals surface area (Å²) in [7, 11) is 0. The molecule has 0 saturated carbocycles. The number of rotatable bonds is 1. The number of hydrogen-bond donors (Lipinski definition) is 0. The summed E-state index contributed by atoms with van der Waals surface area (Å²) in [5, 5.41) is 9.05. The van der Waals surface area contributed by atoms with Crippen LogP contribution in [0.2, 0.25) is 0 Å². The number of nitriles is 1. The van der Waals surface area contributed by atoms with E-state index >= 15 is 0 Å². The fourth-order valence-corrected chi connectivity index (χ4v) is 2.03. The Kier molecular flexibility index (Phi) is 2.07. The molecule has 1 aromatic carbocycles. The Bertz CT molecular complexity index is 396. The summed E-state index contributed by atoms with van der Waals surface area (Å²) in [4.78, 5) is 0. The third-order valence-electron chi connectivity index (χ3n) is 3.10. The molecule has 0 radical (unpaired) electrons. The molecular weight excluding hydrogens is 170 g/mol. The third kappa shape index (κ3) is 1.42. The predicted octanol–water partition coefficient (Wildman–Crippen LogP) is 2.98. The second-order valence-corrected chi connectivity index (χ2v) is 4.57. The fraction of sp³-hybridized carbons (Fsp3) is 0.462. The molecule has 0 aromatic heterocycles. The molecule has 0 fully saturated rings. The largest absolute Gasteiger partial charge is 0.197 e. The van der Waals surface area contributed by atoms with Crippen LogP contribution in [0.3, 0.4) is 0 Å². The summed E-state index contributed by atoms with van der Waals surface area (Å²) < 4.78 is 0. The van der Waals surface area contributed by atoms with Gasteiger partial charge in [-0.3, -0.25) is 0 Å². The van der Waals surface area contributed by atoms with E-state index in [1.165, 1.54) is 30.4 Å². The molecule has 2 rings (SSSR count). The molecule has 14 heavy (non-hydrogen) atoms. The summed E-state index contributed by atoms with van der Waals surface area (Å²) in [6.45, 7) is 3.95. The Balaban J connectivity index is 2.44. The molecule has 0 unspecified atom stereocenters. The maximum absolute atomic E-state index is 9.05. The number of fused-ring (bicyclic) bond motifs is 1. The van der Waals surface area contributed by atoms with E-state index in [0.717, 1.165) is 5.56 Å². The highest BCUT2D eigenvalue weighted by Gasteiger charge is 2.21. The number of hydrogen-bond acceptors (Lipinski definition) is 1. The van der Waals surface area contributed by atoms with Crippen molar-refractivity contribution >= 4 is 0 Å². The van der Waals surface area contributed by atoms with Crippen molar-refractivity contribution in [1.29, 1.82) is 5.26 Å². The van der Waals surface area contributed by atoms with Crippen molar-refractivity contribution in [3.8, 4) is 6.07 Å². The lowest BCUT2D eigenvalue weighted by Gasteiger charge is -2.16. The second-order valence-electron chi connectivity index (χ2n) is 4.57. The van der Waals surface area contributed by atoms with E-state index < -0.39 is 0 Å². The standard InChI is InChI=1S/C13H15N/c1-13(2,9-14)12-7-6-10-4-3-5-11(10)8-12/h6-8H,3-5H2,1-2H3. The van der Waals surface area contributed by atoms with Crippen molar-refractivity contribution in [2.45, 2.75) is 38.5 Å². The van der Waals surface area contributed by atoms with E-state index in [2.05, 4.69) is 24.3 Å². The van der Waals surface area contributed by atoms with Crippen molar-refractivity contribution in [2.24, 2.45) is 0 Å². The highest BCUT2D eigenvalue weighted by Crippen LogP contribution is 2.28. The van der Waals surface area contributed by atoms with Gasteiger partial charge in [-0.2, -0.15) is 5.26 Å². The molecule has 72 valence electrons. The molecule has 0 aliphatic heterocycles. The van der Waals surface area contributed by atoms with Crippen LogP contribution in [-0.2, 0) is 18.3 Å². The molecule has 0 atom stereocenters. The molecule has 0 saturated heterocycles. The molecule has 1 aromatic rings. The molecule has 1 aliphatic carbocycles. The number of aryl methyl sites for hydroxylation is 2. The van der Waals surface area contributed by atoms with Crippen LogP contribution in [0, 0.1) is 11.3 Å². The van der Waals surface area contributed by atoms with Crippen molar-refractivity contribution < 1.29 is 0 Å². The Morgan fingerprint density at radius 3 is 2.64 bits per heavy atom. The molecule has 0 amide bonds. The Morgan fingerprint density at radius 1 is 1.21 bits per heavy atom. The van der Waals surface area contributed by atoms with E-state index in [-0.39, 0.29) is 5.41 Å². The zero-order valence-corrected chi connectivity index (χ0v) is 8.80. The van der Waals surface area contributed by atoms with Crippen LogP contribution in [0.15, 0.2) is 18.2 Å². The van der Waals surface area contributed by atoms with E-state index in [1.807, 2.05) is 13.8 Å². The van der Waals surface area contributed by atoms with Crippen molar-refractivity contribution in [2.75, 3.05) is 0 Å². The van der Waals surface area contributed by atoms with Crippen LogP contribution < -0.4 is 0 Å². The van der Waals surface area contributed by atoms with Gasteiger partial charge in [-0.1, -0.05) is 18.2 Å². The van der Waals surface area contributed by atoms with Crippen LogP contribution in [-0.4, -0.2) is 0 Å². The van der Waals surface area contributed by atoms with Gasteiger partial charge in [-0.05, 0) is 49.8 Å². The van der Waals surface area contributed by atoms with Crippen LogP contribution in [0.4, 0.5) is 0 Å². The van der Waals surface area contributed by atoms with Crippen LogP contribution in [0.25, 0.3) is 0 Å². The first-order chi connectivity index (χ1) is 6.63. The average Bonchev–Trinajstić information content (AvgIpc) is 2.64.